The maximum absolute atomic E-state index is 11.9. The fourth-order valence-electron chi connectivity index (χ4n) is 1.86. The van der Waals surface area contributed by atoms with Crippen LogP contribution in [0, 0.1) is 0 Å². The number of nitrogens with zero attached hydrogens (tertiary/aromatic N) is 2. The zero-order chi connectivity index (χ0) is 16.9. The second kappa shape index (κ2) is 7.75. The van der Waals surface area contributed by atoms with Crippen LogP contribution in [0.25, 0.3) is 6.08 Å². The molecule has 1 amide bonds. The number of thioether (sulfide) groups is 1. The molecule has 0 atom stereocenters. The van der Waals surface area contributed by atoms with Crippen molar-refractivity contribution in [3.8, 4) is 0 Å². The van der Waals surface area contributed by atoms with E-state index >= 15 is 0 Å². The van der Waals surface area contributed by atoms with Crippen molar-refractivity contribution in [2.45, 2.75) is 37.4 Å². The molecule has 0 bridgehead atoms. The van der Waals surface area contributed by atoms with Gasteiger partial charge in [0.1, 0.15) is 0 Å². The third-order valence-corrected chi connectivity index (χ3v) is 4.96. The lowest BCUT2D eigenvalue weighted by Crippen LogP contribution is -2.10. The Morgan fingerprint density at radius 2 is 1.96 bits per heavy atom. The Labute approximate surface area is 145 Å². The molecule has 23 heavy (non-hydrogen) atoms. The average Bonchev–Trinajstić information content (AvgIpc) is 2.92. The molecule has 1 aromatic carbocycles. The summed E-state index contributed by atoms with van der Waals surface area (Å²) in [5.74, 6) is 0.738. The van der Waals surface area contributed by atoms with E-state index in [0.717, 1.165) is 15.7 Å². The highest BCUT2D eigenvalue weighted by atomic mass is 32.2. The third-order valence-electron chi connectivity index (χ3n) is 3.11. The Bertz CT molecular complexity index is 685. The Morgan fingerprint density at radius 1 is 1.26 bits per heavy atom. The minimum absolute atomic E-state index is 0.131. The van der Waals surface area contributed by atoms with Gasteiger partial charge in [0, 0.05) is 6.08 Å². The lowest BCUT2D eigenvalue weighted by atomic mass is 9.87. The van der Waals surface area contributed by atoms with Crippen LogP contribution in [0.2, 0.25) is 0 Å². The molecular weight excluding hydrogens is 326 g/mol. The lowest BCUT2D eigenvalue weighted by molar-refractivity contribution is -0.111. The highest BCUT2D eigenvalue weighted by molar-refractivity contribution is 8.01. The van der Waals surface area contributed by atoms with Crippen molar-refractivity contribution in [3.05, 3.63) is 41.5 Å². The predicted octanol–water partition coefficient (Wildman–Crippen LogP) is 4.60. The molecule has 0 aliphatic carbocycles. The quantitative estimate of drug-likeness (QED) is 0.488. The van der Waals surface area contributed by atoms with Gasteiger partial charge in [-0.25, -0.2) is 0 Å². The highest BCUT2D eigenvalue weighted by Crippen LogP contribution is 2.25. The fourth-order valence-corrected chi connectivity index (χ4v) is 3.51. The summed E-state index contributed by atoms with van der Waals surface area (Å²) in [4.78, 5) is 11.9. The highest BCUT2D eigenvalue weighted by Gasteiger charge is 2.12. The minimum atomic E-state index is -0.200. The van der Waals surface area contributed by atoms with E-state index in [1.807, 2.05) is 12.1 Å². The Balaban J connectivity index is 1.95. The standard InChI is InChI=1S/C17H21N3OS2/c1-5-22-16-20-19-15(23-16)18-14(21)11-8-12-6-9-13(10-7-12)17(2,3)4/h6-11H,5H2,1-4H3,(H,18,19,21). The first-order chi connectivity index (χ1) is 10.9. The normalized spacial score (nSPS) is 11.8. The topological polar surface area (TPSA) is 54.9 Å². The second-order valence-corrected chi connectivity index (χ2v) is 8.49. The molecule has 0 fully saturated rings. The smallest absolute Gasteiger partial charge is 0.250 e. The molecule has 1 N–H and O–H groups in total. The van der Waals surface area contributed by atoms with Crippen molar-refractivity contribution in [1.29, 1.82) is 0 Å². The van der Waals surface area contributed by atoms with Gasteiger partial charge in [-0.15, -0.1) is 10.2 Å². The van der Waals surface area contributed by atoms with E-state index in [9.17, 15) is 4.79 Å². The Morgan fingerprint density at radius 3 is 2.57 bits per heavy atom. The van der Waals surface area contributed by atoms with E-state index in [4.69, 9.17) is 0 Å². The molecule has 2 aromatic rings. The molecule has 0 aliphatic rings. The minimum Gasteiger partial charge on any atom is -0.297 e. The molecule has 0 aliphatic heterocycles. The fraction of sp³-hybridized carbons (Fsp3) is 0.353. The van der Waals surface area contributed by atoms with E-state index in [1.165, 1.54) is 23.0 Å². The Kier molecular flexibility index (Phi) is 5.96. The first-order valence-corrected chi connectivity index (χ1v) is 9.24. The van der Waals surface area contributed by atoms with Crippen molar-refractivity contribution in [1.82, 2.24) is 10.2 Å². The van der Waals surface area contributed by atoms with E-state index in [2.05, 4.69) is 55.3 Å². The number of benzene rings is 1. The molecular formula is C17H21N3OS2. The van der Waals surface area contributed by atoms with Gasteiger partial charge in [-0.3, -0.25) is 10.1 Å². The van der Waals surface area contributed by atoms with Crippen molar-refractivity contribution in [3.63, 3.8) is 0 Å². The third kappa shape index (κ3) is 5.48. The molecule has 1 aromatic heterocycles. The number of hydrogen-bond donors (Lipinski definition) is 1. The average molecular weight is 348 g/mol. The first-order valence-electron chi connectivity index (χ1n) is 7.44. The number of anilines is 1. The van der Waals surface area contributed by atoms with Crippen LogP contribution in [0.4, 0.5) is 5.13 Å². The number of aromatic nitrogens is 2. The van der Waals surface area contributed by atoms with Crippen molar-refractivity contribution in [2.24, 2.45) is 0 Å². The van der Waals surface area contributed by atoms with E-state index < -0.39 is 0 Å². The maximum atomic E-state index is 11.9. The summed E-state index contributed by atoms with van der Waals surface area (Å²) in [6.07, 6.45) is 3.31. The van der Waals surface area contributed by atoms with Gasteiger partial charge in [-0.05, 0) is 28.4 Å². The molecule has 122 valence electrons. The summed E-state index contributed by atoms with van der Waals surface area (Å²) in [6, 6.07) is 8.23. The molecule has 0 unspecified atom stereocenters. The first kappa shape index (κ1) is 17.7. The summed E-state index contributed by atoms with van der Waals surface area (Å²) < 4.78 is 0.865. The molecule has 4 nitrogen and oxygen atoms in total. The van der Waals surface area contributed by atoms with Crippen LogP contribution in [0.15, 0.2) is 34.7 Å². The summed E-state index contributed by atoms with van der Waals surface area (Å²) >= 11 is 3.00. The summed E-state index contributed by atoms with van der Waals surface area (Å²) in [6.45, 7) is 8.59. The largest absolute Gasteiger partial charge is 0.297 e. The van der Waals surface area contributed by atoms with Crippen LogP contribution in [0.3, 0.4) is 0 Å². The predicted molar refractivity (Wildman–Crippen MR) is 99.1 cm³/mol. The van der Waals surface area contributed by atoms with Gasteiger partial charge in [0.15, 0.2) is 4.34 Å². The van der Waals surface area contributed by atoms with Gasteiger partial charge in [0.05, 0.1) is 0 Å². The van der Waals surface area contributed by atoms with Gasteiger partial charge in [0.2, 0.25) is 11.0 Å². The maximum Gasteiger partial charge on any atom is 0.250 e. The SMILES string of the molecule is CCSc1nnc(NC(=O)C=Cc2ccc(C(C)(C)C)cc2)s1. The zero-order valence-electron chi connectivity index (χ0n) is 13.8. The van der Waals surface area contributed by atoms with Gasteiger partial charge >= 0.3 is 0 Å². The van der Waals surface area contributed by atoms with Gasteiger partial charge in [0.25, 0.3) is 0 Å². The Hall–Kier alpha value is -1.66. The number of hydrogen-bond acceptors (Lipinski definition) is 5. The van der Waals surface area contributed by atoms with E-state index in [1.54, 1.807) is 17.8 Å². The molecule has 2 rings (SSSR count). The molecule has 0 saturated heterocycles. The van der Waals surface area contributed by atoms with Gasteiger partial charge in [-0.1, -0.05) is 75.1 Å². The molecule has 6 heteroatoms. The van der Waals surface area contributed by atoms with Crippen molar-refractivity contribution in [2.75, 3.05) is 11.1 Å². The van der Waals surface area contributed by atoms with Crippen LogP contribution < -0.4 is 5.32 Å². The number of amides is 1. The molecule has 0 spiro atoms. The zero-order valence-corrected chi connectivity index (χ0v) is 15.4. The summed E-state index contributed by atoms with van der Waals surface area (Å²) in [5, 5.41) is 11.2. The van der Waals surface area contributed by atoms with Crippen molar-refractivity contribution >= 4 is 40.2 Å². The van der Waals surface area contributed by atoms with E-state index in [0.29, 0.717) is 5.13 Å². The van der Waals surface area contributed by atoms with Crippen LogP contribution >= 0.6 is 23.1 Å². The van der Waals surface area contributed by atoms with Crippen LogP contribution in [0.1, 0.15) is 38.8 Å². The summed E-state index contributed by atoms with van der Waals surface area (Å²) in [5.41, 5.74) is 2.40. The molecule has 1 heterocycles. The molecule has 0 radical (unpaired) electrons. The van der Waals surface area contributed by atoms with Crippen molar-refractivity contribution < 1.29 is 4.79 Å². The van der Waals surface area contributed by atoms with E-state index in [-0.39, 0.29) is 11.3 Å². The number of rotatable bonds is 5. The second-order valence-electron chi connectivity index (χ2n) is 6.00. The monoisotopic (exact) mass is 347 g/mol. The van der Waals surface area contributed by atoms with Gasteiger partial charge in [-0.2, -0.15) is 0 Å². The number of nitrogens with one attached hydrogen (secondary N) is 1. The summed E-state index contributed by atoms with van der Waals surface area (Å²) in [7, 11) is 0. The van der Waals surface area contributed by atoms with Gasteiger partial charge < -0.3 is 0 Å². The lowest BCUT2D eigenvalue weighted by Gasteiger charge is -2.18. The van der Waals surface area contributed by atoms with Crippen LogP contribution in [0.5, 0.6) is 0 Å². The molecule has 0 saturated carbocycles. The van der Waals surface area contributed by atoms with Crippen LogP contribution in [-0.4, -0.2) is 21.9 Å². The number of carbonyl (C=O) groups is 1. The van der Waals surface area contributed by atoms with Crippen LogP contribution in [-0.2, 0) is 10.2 Å². The number of carbonyl (C=O) groups excluding carboxylic acids is 1.